The third-order valence-corrected chi connectivity index (χ3v) is 3.57. The molecule has 1 aliphatic rings. The summed E-state index contributed by atoms with van der Waals surface area (Å²) in [6, 6.07) is 7.03. The second-order valence-electron chi connectivity index (χ2n) is 5.88. The van der Waals surface area contributed by atoms with Gasteiger partial charge in [0.1, 0.15) is 0 Å². The molecule has 3 amide bonds. The molecule has 1 aliphatic heterocycles. The van der Waals surface area contributed by atoms with Crippen LogP contribution >= 0.6 is 0 Å². The molecule has 6 heteroatoms. The molecule has 1 heterocycles. The third-order valence-electron chi connectivity index (χ3n) is 3.57. The summed E-state index contributed by atoms with van der Waals surface area (Å²) in [7, 11) is 0. The van der Waals surface area contributed by atoms with Gasteiger partial charge >= 0.3 is 6.03 Å². The van der Waals surface area contributed by atoms with Crippen molar-refractivity contribution in [1.29, 1.82) is 0 Å². The van der Waals surface area contributed by atoms with Crippen molar-refractivity contribution in [3.05, 3.63) is 29.8 Å². The van der Waals surface area contributed by atoms with E-state index in [1.807, 2.05) is 25.7 Å². The molecule has 1 unspecified atom stereocenters. The van der Waals surface area contributed by atoms with Crippen molar-refractivity contribution in [1.82, 2.24) is 15.5 Å². The van der Waals surface area contributed by atoms with Crippen LogP contribution in [0.5, 0.6) is 0 Å². The zero-order chi connectivity index (χ0) is 16.1. The predicted octanol–water partition coefficient (Wildman–Crippen LogP) is 1.65. The van der Waals surface area contributed by atoms with Crippen molar-refractivity contribution >= 4 is 17.6 Å². The van der Waals surface area contributed by atoms with Crippen LogP contribution in [-0.4, -0.2) is 48.6 Å². The Kier molecular flexibility index (Phi) is 5.38. The standard InChI is InChI=1S/C16H24N4O2/c1-11(2)18-16(22)19-14-6-4-13(5-7-14)15(21)20-9-8-17-10-12(20)3/h4-7,11-12,17H,8-10H2,1-3H3,(H2,18,19,22). The van der Waals surface area contributed by atoms with E-state index in [9.17, 15) is 9.59 Å². The number of carbonyl (C=O) groups is 2. The van der Waals surface area contributed by atoms with Crippen molar-refractivity contribution in [2.45, 2.75) is 32.9 Å². The molecule has 6 nitrogen and oxygen atoms in total. The van der Waals surface area contributed by atoms with Crippen LogP contribution in [0.2, 0.25) is 0 Å². The summed E-state index contributed by atoms with van der Waals surface area (Å²) in [6.07, 6.45) is 0. The molecule has 120 valence electrons. The molecule has 1 aromatic carbocycles. The highest BCUT2D eigenvalue weighted by atomic mass is 16.2. The number of benzene rings is 1. The maximum absolute atomic E-state index is 12.5. The normalized spacial score (nSPS) is 18.2. The Hall–Kier alpha value is -2.08. The van der Waals surface area contributed by atoms with Gasteiger partial charge in [0.25, 0.3) is 5.91 Å². The van der Waals surface area contributed by atoms with E-state index in [0.29, 0.717) is 11.3 Å². The number of anilines is 1. The largest absolute Gasteiger partial charge is 0.336 e. The summed E-state index contributed by atoms with van der Waals surface area (Å²) < 4.78 is 0. The number of amides is 3. The summed E-state index contributed by atoms with van der Waals surface area (Å²) in [5, 5.41) is 8.77. The van der Waals surface area contributed by atoms with Crippen molar-refractivity contribution in [3.63, 3.8) is 0 Å². The van der Waals surface area contributed by atoms with Gasteiger partial charge in [-0.15, -0.1) is 0 Å². The summed E-state index contributed by atoms with van der Waals surface area (Å²) in [4.78, 5) is 26.0. The van der Waals surface area contributed by atoms with Gasteiger partial charge in [-0.1, -0.05) is 0 Å². The summed E-state index contributed by atoms with van der Waals surface area (Å²) >= 11 is 0. The first-order chi connectivity index (χ1) is 10.5. The van der Waals surface area contributed by atoms with Gasteiger partial charge in [0.15, 0.2) is 0 Å². The SMILES string of the molecule is CC(C)NC(=O)Nc1ccc(C(=O)N2CCNCC2C)cc1. The predicted molar refractivity (Wildman–Crippen MR) is 87.1 cm³/mol. The first-order valence-corrected chi connectivity index (χ1v) is 7.66. The Morgan fingerprint density at radius 3 is 2.55 bits per heavy atom. The van der Waals surface area contributed by atoms with Gasteiger partial charge in [0, 0.05) is 43.0 Å². The highest BCUT2D eigenvalue weighted by molar-refractivity contribution is 5.95. The Morgan fingerprint density at radius 2 is 1.95 bits per heavy atom. The summed E-state index contributed by atoms with van der Waals surface area (Å²) in [6.45, 7) is 8.20. The molecule has 0 saturated carbocycles. The minimum atomic E-state index is -0.246. The maximum atomic E-state index is 12.5. The number of hydrogen-bond donors (Lipinski definition) is 3. The van der Waals surface area contributed by atoms with E-state index in [1.54, 1.807) is 24.3 Å². The third kappa shape index (κ3) is 4.21. The lowest BCUT2D eigenvalue weighted by Gasteiger charge is -2.34. The van der Waals surface area contributed by atoms with Gasteiger partial charge in [-0.3, -0.25) is 4.79 Å². The van der Waals surface area contributed by atoms with Gasteiger partial charge in [0.05, 0.1) is 0 Å². The van der Waals surface area contributed by atoms with Gasteiger partial charge in [-0.05, 0) is 45.0 Å². The van der Waals surface area contributed by atoms with E-state index in [-0.39, 0.29) is 24.0 Å². The first kappa shape index (κ1) is 16.3. The number of hydrogen-bond acceptors (Lipinski definition) is 3. The number of piperazine rings is 1. The molecule has 1 saturated heterocycles. The maximum Gasteiger partial charge on any atom is 0.319 e. The first-order valence-electron chi connectivity index (χ1n) is 7.66. The Balaban J connectivity index is 1.99. The van der Waals surface area contributed by atoms with Crippen molar-refractivity contribution in [2.24, 2.45) is 0 Å². The number of urea groups is 1. The molecule has 1 fully saturated rings. The average Bonchev–Trinajstić information content (AvgIpc) is 2.47. The number of carbonyl (C=O) groups excluding carboxylic acids is 2. The lowest BCUT2D eigenvalue weighted by Crippen LogP contribution is -2.52. The molecule has 0 aliphatic carbocycles. The Morgan fingerprint density at radius 1 is 1.27 bits per heavy atom. The summed E-state index contributed by atoms with van der Waals surface area (Å²) in [5.41, 5.74) is 1.31. The van der Waals surface area contributed by atoms with Gasteiger partial charge in [0.2, 0.25) is 0 Å². The monoisotopic (exact) mass is 304 g/mol. The molecule has 1 aromatic rings. The van der Waals surface area contributed by atoms with E-state index in [4.69, 9.17) is 0 Å². The van der Waals surface area contributed by atoms with Crippen LogP contribution in [0, 0.1) is 0 Å². The van der Waals surface area contributed by atoms with Crippen LogP contribution in [0.25, 0.3) is 0 Å². The van der Waals surface area contributed by atoms with Crippen LogP contribution < -0.4 is 16.0 Å². The lowest BCUT2D eigenvalue weighted by atomic mass is 10.1. The Bertz CT molecular complexity index is 527. The van der Waals surface area contributed by atoms with E-state index in [2.05, 4.69) is 16.0 Å². The molecule has 2 rings (SSSR count). The molecule has 3 N–H and O–H groups in total. The lowest BCUT2D eigenvalue weighted by molar-refractivity contribution is 0.0656. The number of nitrogens with zero attached hydrogens (tertiary/aromatic N) is 1. The zero-order valence-corrected chi connectivity index (χ0v) is 13.3. The topological polar surface area (TPSA) is 73.5 Å². The molecule has 1 atom stereocenters. The molecule has 0 aromatic heterocycles. The van der Waals surface area contributed by atoms with E-state index in [1.165, 1.54) is 0 Å². The number of nitrogens with one attached hydrogen (secondary N) is 3. The molecule has 0 radical (unpaired) electrons. The highest BCUT2D eigenvalue weighted by Gasteiger charge is 2.23. The number of rotatable bonds is 3. The van der Waals surface area contributed by atoms with E-state index >= 15 is 0 Å². The minimum absolute atomic E-state index is 0.0344. The van der Waals surface area contributed by atoms with E-state index < -0.39 is 0 Å². The van der Waals surface area contributed by atoms with Crippen LogP contribution in [0.4, 0.5) is 10.5 Å². The molecular formula is C16H24N4O2. The fourth-order valence-electron chi connectivity index (χ4n) is 2.43. The van der Waals surface area contributed by atoms with Crippen LogP contribution in [-0.2, 0) is 0 Å². The van der Waals surface area contributed by atoms with Crippen LogP contribution in [0.1, 0.15) is 31.1 Å². The average molecular weight is 304 g/mol. The van der Waals surface area contributed by atoms with E-state index in [0.717, 1.165) is 19.6 Å². The molecular weight excluding hydrogens is 280 g/mol. The quantitative estimate of drug-likeness (QED) is 0.795. The smallest absolute Gasteiger partial charge is 0.319 e. The second kappa shape index (κ2) is 7.26. The van der Waals surface area contributed by atoms with Gasteiger partial charge in [-0.25, -0.2) is 4.79 Å². The summed E-state index contributed by atoms with van der Waals surface area (Å²) in [5.74, 6) is 0.0344. The fraction of sp³-hybridized carbons (Fsp3) is 0.500. The Labute approximate surface area is 131 Å². The van der Waals surface area contributed by atoms with Crippen molar-refractivity contribution in [3.8, 4) is 0 Å². The van der Waals surface area contributed by atoms with Crippen molar-refractivity contribution in [2.75, 3.05) is 25.0 Å². The minimum Gasteiger partial charge on any atom is -0.336 e. The van der Waals surface area contributed by atoms with Crippen molar-refractivity contribution < 1.29 is 9.59 Å². The van der Waals surface area contributed by atoms with Gasteiger partial charge in [-0.2, -0.15) is 0 Å². The van der Waals surface area contributed by atoms with Crippen LogP contribution in [0.15, 0.2) is 24.3 Å². The molecule has 0 spiro atoms. The highest BCUT2D eigenvalue weighted by Crippen LogP contribution is 2.14. The van der Waals surface area contributed by atoms with Gasteiger partial charge < -0.3 is 20.9 Å². The second-order valence-corrected chi connectivity index (χ2v) is 5.88. The fourth-order valence-corrected chi connectivity index (χ4v) is 2.43. The van der Waals surface area contributed by atoms with Crippen LogP contribution in [0.3, 0.4) is 0 Å². The zero-order valence-electron chi connectivity index (χ0n) is 13.3. The molecule has 0 bridgehead atoms. The molecule has 22 heavy (non-hydrogen) atoms.